The number of nitrogens with one attached hydrogen (secondary N) is 1. The topological polar surface area (TPSA) is 71.1 Å². The third-order valence-corrected chi connectivity index (χ3v) is 4.52. The lowest BCUT2D eigenvalue weighted by Gasteiger charge is -2.38. The molecule has 1 aliphatic rings. The fourth-order valence-corrected chi connectivity index (χ4v) is 3.05. The Balaban J connectivity index is 1.87. The highest BCUT2D eigenvalue weighted by molar-refractivity contribution is 5.92. The van der Waals surface area contributed by atoms with E-state index in [9.17, 15) is 9.59 Å². The summed E-state index contributed by atoms with van der Waals surface area (Å²) >= 11 is 0. The van der Waals surface area contributed by atoms with E-state index >= 15 is 0 Å². The molecule has 1 aliphatic heterocycles. The molecule has 1 aromatic carbocycles. The van der Waals surface area contributed by atoms with E-state index in [1.165, 1.54) is 0 Å². The number of anilines is 1. The summed E-state index contributed by atoms with van der Waals surface area (Å²) in [5, 5.41) is 2.83. The van der Waals surface area contributed by atoms with Crippen LogP contribution in [-0.4, -0.2) is 73.7 Å². The van der Waals surface area contributed by atoms with Crippen LogP contribution in [0.5, 0.6) is 5.75 Å². The highest BCUT2D eigenvalue weighted by atomic mass is 16.5. The molecule has 0 saturated carbocycles. The Hall–Kier alpha value is -2.12. The Bertz CT molecular complexity index is 610. The van der Waals surface area contributed by atoms with Crippen LogP contribution in [0.4, 0.5) is 5.69 Å². The number of hydrogen-bond acceptors (Lipinski definition) is 5. The van der Waals surface area contributed by atoms with Gasteiger partial charge < -0.3 is 19.7 Å². The maximum atomic E-state index is 12.7. The van der Waals surface area contributed by atoms with E-state index in [-0.39, 0.29) is 36.6 Å². The number of rotatable bonds is 6. The van der Waals surface area contributed by atoms with E-state index in [0.29, 0.717) is 18.8 Å². The van der Waals surface area contributed by atoms with Gasteiger partial charge >= 0.3 is 0 Å². The van der Waals surface area contributed by atoms with Gasteiger partial charge in [-0.1, -0.05) is 0 Å². The number of methoxy groups -OCH3 is 1. The fourth-order valence-electron chi connectivity index (χ4n) is 3.05. The second-order valence-electron chi connectivity index (χ2n) is 6.87. The van der Waals surface area contributed by atoms with Crippen LogP contribution in [0.2, 0.25) is 0 Å². The minimum atomic E-state index is -0.380. The van der Waals surface area contributed by atoms with E-state index in [1.807, 2.05) is 25.7 Å². The molecule has 144 valence electrons. The Morgan fingerprint density at radius 3 is 2.38 bits per heavy atom. The third kappa shape index (κ3) is 5.44. The highest BCUT2D eigenvalue weighted by Crippen LogP contribution is 2.16. The molecule has 0 radical (unpaired) electrons. The van der Waals surface area contributed by atoms with Crippen LogP contribution in [0.25, 0.3) is 0 Å². The van der Waals surface area contributed by atoms with E-state index in [2.05, 4.69) is 5.32 Å². The van der Waals surface area contributed by atoms with Gasteiger partial charge in [0.25, 0.3) is 0 Å². The molecule has 2 rings (SSSR count). The number of nitrogens with zero attached hydrogens (tertiary/aromatic N) is 2. The van der Waals surface area contributed by atoms with Gasteiger partial charge in [0.05, 0.1) is 31.9 Å². The number of amides is 2. The van der Waals surface area contributed by atoms with E-state index in [0.717, 1.165) is 5.75 Å². The molecule has 0 aromatic heterocycles. The van der Waals surface area contributed by atoms with Gasteiger partial charge in [-0.2, -0.15) is 0 Å². The average molecular weight is 363 g/mol. The Morgan fingerprint density at radius 1 is 1.27 bits per heavy atom. The van der Waals surface area contributed by atoms with Gasteiger partial charge in [0, 0.05) is 18.8 Å². The van der Waals surface area contributed by atoms with Crippen LogP contribution in [-0.2, 0) is 14.3 Å². The first-order chi connectivity index (χ1) is 12.3. The van der Waals surface area contributed by atoms with Gasteiger partial charge in [0.2, 0.25) is 11.8 Å². The molecular formula is C19H29N3O4. The van der Waals surface area contributed by atoms with Crippen molar-refractivity contribution in [2.24, 2.45) is 0 Å². The fraction of sp³-hybridized carbons (Fsp3) is 0.579. The molecule has 0 bridgehead atoms. The Kier molecular flexibility index (Phi) is 6.99. The zero-order chi connectivity index (χ0) is 19.3. The number of benzene rings is 1. The summed E-state index contributed by atoms with van der Waals surface area (Å²) in [6, 6.07) is 6.75. The SMILES string of the molecule is COc1ccc(NC(=O)CN(C)C(C)C(=O)N2CC(C)OC(C)C2)cc1. The second kappa shape index (κ2) is 9.00. The number of carbonyl (C=O) groups is 2. The summed E-state index contributed by atoms with van der Waals surface area (Å²) in [7, 11) is 3.38. The van der Waals surface area contributed by atoms with Crippen LogP contribution in [0.1, 0.15) is 20.8 Å². The van der Waals surface area contributed by atoms with E-state index < -0.39 is 0 Å². The molecule has 1 saturated heterocycles. The molecule has 3 atom stereocenters. The number of carbonyl (C=O) groups excluding carboxylic acids is 2. The summed E-state index contributed by atoms with van der Waals surface area (Å²) < 4.78 is 10.8. The van der Waals surface area contributed by atoms with E-state index in [4.69, 9.17) is 9.47 Å². The molecule has 0 aliphatic carbocycles. The number of ether oxygens (including phenoxy) is 2. The lowest BCUT2D eigenvalue weighted by atomic mass is 10.2. The number of likely N-dealkylation sites (N-methyl/N-ethyl adjacent to an activating group) is 1. The molecule has 7 nitrogen and oxygen atoms in total. The van der Waals surface area contributed by atoms with Crippen molar-refractivity contribution in [1.29, 1.82) is 0 Å². The summed E-state index contributed by atoms with van der Waals surface area (Å²) in [5.41, 5.74) is 0.694. The number of morpholine rings is 1. The first-order valence-electron chi connectivity index (χ1n) is 8.88. The summed E-state index contributed by atoms with van der Waals surface area (Å²) in [6.07, 6.45) is 0.0529. The quantitative estimate of drug-likeness (QED) is 0.831. The normalized spacial score (nSPS) is 21.4. The van der Waals surface area contributed by atoms with Gasteiger partial charge in [-0.3, -0.25) is 14.5 Å². The van der Waals surface area contributed by atoms with Crippen molar-refractivity contribution < 1.29 is 19.1 Å². The summed E-state index contributed by atoms with van der Waals surface area (Å²) in [5.74, 6) is 0.584. The van der Waals surface area contributed by atoms with Crippen LogP contribution in [0.3, 0.4) is 0 Å². The van der Waals surface area contributed by atoms with Crippen LogP contribution in [0.15, 0.2) is 24.3 Å². The van der Waals surface area contributed by atoms with Crippen molar-refractivity contribution >= 4 is 17.5 Å². The van der Waals surface area contributed by atoms with E-state index in [1.54, 1.807) is 43.3 Å². The Morgan fingerprint density at radius 2 is 1.85 bits per heavy atom. The van der Waals surface area contributed by atoms with Crippen molar-refractivity contribution in [2.45, 2.75) is 39.0 Å². The van der Waals surface area contributed by atoms with Crippen LogP contribution < -0.4 is 10.1 Å². The predicted molar refractivity (Wildman–Crippen MR) is 100 cm³/mol. The average Bonchev–Trinajstić information content (AvgIpc) is 2.60. The number of hydrogen-bond donors (Lipinski definition) is 1. The summed E-state index contributed by atoms with van der Waals surface area (Å²) in [4.78, 5) is 28.6. The predicted octanol–water partition coefficient (Wildman–Crippen LogP) is 1.59. The molecule has 1 fully saturated rings. The van der Waals surface area contributed by atoms with Crippen molar-refractivity contribution in [2.75, 3.05) is 39.1 Å². The van der Waals surface area contributed by atoms with Crippen LogP contribution >= 0.6 is 0 Å². The smallest absolute Gasteiger partial charge is 0.239 e. The monoisotopic (exact) mass is 363 g/mol. The van der Waals surface area contributed by atoms with Crippen molar-refractivity contribution in [1.82, 2.24) is 9.80 Å². The largest absolute Gasteiger partial charge is 0.497 e. The van der Waals surface area contributed by atoms with Gasteiger partial charge in [0.1, 0.15) is 5.75 Å². The first-order valence-corrected chi connectivity index (χ1v) is 8.88. The summed E-state index contributed by atoms with van der Waals surface area (Å²) in [6.45, 7) is 7.06. The standard InChI is InChI=1S/C19H29N3O4/c1-13-10-22(11-14(2)26-13)19(24)15(3)21(4)12-18(23)20-16-6-8-17(25-5)9-7-16/h6-9,13-15H,10-12H2,1-5H3,(H,20,23). The zero-order valence-electron chi connectivity index (χ0n) is 16.2. The molecule has 26 heavy (non-hydrogen) atoms. The second-order valence-corrected chi connectivity index (χ2v) is 6.87. The minimum Gasteiger partial charge on any atom is -0.497 e. The minimum absolute atomic E-state index is 0.0201. The maximum absolute atomic E-state index is 12.7. The zero-order valence-corrected chi connectivity index (χ0v) is 16.2. The van der Waals surface area contributed by atoms with Gasteiger partial charge in [-0.25, -0.2) is 0 Å². The van der Waals surface area contributed by atoms with Crippen molar-refractivity contribution in [3.8, 4) is 5.75 Å². The van der Waals surface area contributed by atoms with Crippen LogP contribution in [0, 0.1) is 0 Å². The lowest BCUT2D eigenvalue weighted by molar-refractivity contribution is -0.148. The van der Waals surface area contributed by atoms with Gasteiger partial charge in [-0.05, 0) is 52.1 Å². The molecule has 2 amide bonds. The Labute approximate surface area is 155 Å². The van der Waals surface area contributed by atoms with Gasteiger partial charge in [-0.15, -0.1) is 0 Å². The lowest BCUT2D eigenvalue weighted by Crippen LogP contribution is -2.54. The molecule has 3 unspecified atom stereocenters. The first kappa shape index (κ1) is 20.2. The molecule has 1 N–H and O–H groups in total. The van der Waals surface area contributed by atoms with Crippen molar-refractivity contribution in [3.63, 3.8) is 0 Å². The molecular weight excluding hydrogens is 334 g/mol. The maximum Gasteiger partial charge on any atom is 0.239 e. The third-order valence-electron chi connectivity index (χ3n) is 4.52. The van der Waals surface area contributed by atoms with Crippen molar-refractivity contribution in [3.05, 3.63) is 24.3 Å². The highest BCUT2D eigenvalue weighted by Gasteiger charge is 2.30. The molecule has 0 spiro atoms. The molecule has 1 heterocycles. The van der Waals surface area contributed by atoms with Gasteiger partial charge in [0.15, 0.2) is 0 Å². The molecule has 7 heteroatoms. The molecule has 1 aromatic rings.